The lowest BCUT2D eigenvalue weighted by Gasteiger charge is -2.15. The van der Waals surface area contributed by atoms with E-state index in [1.54, 1.807) is 7.11 Å². The van der Waals surface area contributed by atoms with Gasteiger partial charge in [-0.2, -0.15) is 16.3 Å². The molecule has 41 heavy (non-hydrogen) atoms. The highest BCUT2D eigenvalue weighted by Gasteiger charge is 2.14. The number of unbranched alkanes of at least 4 members (excludes halogenated alkanes) is 15. The summed E-state index contributed by atoms with van der Waals surface area (Å²) >= 11 is 1.85. The zero-order chi connectivity index (χ0) is 29.6. The zero-order valence-corrected chi connectivity index (χ0v) is 27.4. The van der Waals surface area contributed by atoms with Crippen LogP contribution in [0.3, 0.4) is 0 Å². The van der Waals surface area contributed by atoms with E-state index in [9.17, 15) is 9.90 Å². The van der Waals surface area contributed by atoms with Crippen LogP contribution in [0.2, 0.25) is 0 Å². The third-order valence-corrected chi connectivity index (χ3v) is 8.57. The van der Waals surface area contributed by atoms with Crippen molar-refractivity contribution in [3.8, 4) is 0 Å². The maximum Gasteiger partial charge on any atom is 0.223 e. The van der Waals surface area contributed by atoms with E-state index in [-0.39, 0.29) is 12.5 Å². The van der Waals surface area contributed by atoms with E-state index in [1.807, 2.05) is 35.0 Å². The average Bonchev–Trinajstić information content (AvgIpc) is 3.42. The van der Waals surface area contributed by atoms with Crippen LogP contribution in [0.4, 0.5) is 0 Å². The van der Waals surface area contributed by atoms with Crippen molar-refractivity contribution in [3.63, 3.8) is 0 Å². The number of hydrogen-bond acceptors (Lipinski definition) is 7. The lowest BCUT2D eigenvalue weighted by molar-refractivity contribution is -0.460. The Labute approximate surface area is 256 Å². The van der Waals surface area contributed by atoms with E-state index in [4.69, 9.17) is 14.2 Å². The van der Waals surface area contributed by atoms with Gasteiger partial charge in [-0.15, -0.1) is 0 Å². The molecule has 0 amide bonds. The SMILES string of the molecule is CCCCCCCCCCCCCCCCCCOCC(CSCCOCCN1C=C[N+](=CCCC(=O)[O-])C1)OC. The van der Waals surface area contributed by atoms with Gasteiger partial charge in [0.2, 0.25) is 6.67 Å². The predicted octanol–water partition coefficient (Wildman–Crippen LogP) is 6.39. The highest BCUT2D eigenvalue weighted by molar-refractivity contribution is 7.99. The number of carbonyl (C=O) groups excluding carboxylic acids is 1. The summed E-state index contributed by atoms with van der Waals surface area (Å²) in [6.45, 7) is 6.74. The second-order valence-corrected chi connectivity index (χ2v) is 12.4. The van der Waals surface area contributed by atoms with Crippen LogP contribution in [0.15, 0.2) is 12.4 Å². The number of nitrogens with zero attached hydrogens (tertiary/aromatic N) is 2. The quantitative estimate of drug-likeness (QED) is 0.0677. The Morgan fingerprint density at radius 1 is 0.902 bits per heavy atom. The van der Waals surface area contributed by atoms with Crippen LogP contribution < -0.4 is 5.11 Å². The van der Waals surface area contributed by atoms with Gasteiger partial charge in [-0.1, -0.05) is 103 Å². The summed E-state index contributed by atoms with van der Waals surface area (Å²) in [7, 11) is 1.77. The topological polar surface area (TPSA) is 74.1 Å². The van der Waals surface area contributed by atoms with Crippen molar-refractivity contribution in [2.45, 2.75) is 129 Å². The number of hydrogen-bond donors (Lipinski definition) is 0. The Hall–Kier alpha value is -1.09. The van der Waals surface area contributed by atoms with Crippen molar-refractivity contribution in [2.75, 3.05) is 58.3 Å². The van der Waals surface area contributed by atoms with Crippen molar-refractivity contribution in [1.82, 2.24) is 4.90 Å². The van der Waals surface area contributed by atoms with E-state index in [1.165, 1.54) is 96.3 Å². The maximum atomic E-state index is 10.5. The monoisotopic (exact) mass is 598 g/mol. The molecule has 0 saturated carbocycles. The minimum atomic E-state index is -1.01. The summed E-state index contributed by atoms with van der Waals surface area (Å²) in [6.07, 6.45) is 28.7. The fourth-order valence-electron chi connectivity index (χ4n) is 4.86. The first-order chi connectivity index (χ1) is 20.2. The van der Waals surface area contributed by atoms with E-state index >= 15 is 0 Å². The van der Waals surface area contributed by atoms with Crippen LogP contribution in [0.25, 0.3) is 0 Å². The molecule has 0 N–H and O–H groups in total. The molecule has 0 spiro atoms. The molecule has 7 nitrogen and oxygen atoms in total. The zero-order valence-electron chi connectivity index (χ0n) is 26.5. The van der Waals surface area contributed by atoms with Crippen LogP contribution in [-0.2, 0) is 19.0 Å². The van der Waals surface area contributed by atoms with Gasteiger partial charge in [-0.3, -0.25) is 0 Å². The summed E-state index contributed by atoms with van der Waals surface area (Å²) in [4.78, 5) is 12.6. The highest BCUT2D eigenvalue weighted by atomic mass is 32.2. The number of ether oxygens (including phenoxy) is 3. The molecular formula is C33H62N2O5S. The molecule has 1 aliphatic heterocycles. The summed E-state index contributed by atoms with van der Waals surface area (Å²) in [6, 6.07) is 0. The number of carboxylic acid groups (broad SMARTS) is 1. The van der Waals surface area contributed by atoms with E-state index in [2.05, 4.69) is 11.8 Å². The Bertz CT molecular complexity index is 662. The summed E-state index contributed by atoms with van der Waals surface area (Å²) < 4.78 is 19.2. The van der Waals surface area contributed by atoms with Gasteiger partial charge in [0.25, 0.3) is 0 Å². The lowest BCUT2D eigenvalue weighted by atomic mass is 10.0. The van der Waals surface area contributed by atoms with E-state index < -0.39 is 5.97 Å². The third kappa shape index (κ3) is 25.1. The standard InChI is InChI=1S/C33H62N2O5S/c1-3-4-5-6-7-8-9-10-11-12-13-14-15-16-17-18-25-40-29-32(38-2)30-41-28-27-39-26-24-35-23-22-34(31-35)21-19-20-33(36)37/h21-23,32H,3-20,24-31H2,1-2H3. The van der Waals surface area contributed by atoms with Crippen molar-refractivity contribution >= 4 is 23.9 Å². The van der Waals surface area contributed by atoms with Crippen LogP contribution >= 0.6 is 11.8 Å². The highest BCUT2D eigenvalue weighted by Crippen LogP contribution is 2.14. The van der Waals surface area contributed by atoms with Gasteiger partial charge in [-0.05, 0) is 12.8 Å². The summed E-state index contributed by atoms with van der Waals surface area (Å²) in [5, 5.41) is 10.5. The van der Waals surface area contributed by atoms with Crippen molar-refractivity contribution in [2.24, 2.45) is 0 Å². The molecule has 0 aliphatic carbocycles. The molecule has 1 aliphatic rings. The normalized spacial score (nSPS) is 14.9. The van der Waals surface area contributed by atoms with Gasteiger partial charge < -0.3 is 29.0 Å². The minimum absolute atomic E-state index is 0.0563. The number of rotatable bonds is 31. The number of aliphatic carboxylic acids is 1. The summed E-state index contributed by atoms with van der Waals surface area (Å²) in [5.41, 5.74) is 0. The lowest BCUT2D eigenvalue weighted by Crippen LogP contribution is -2.25. The third-order valence-electron chi connectivity index (χ3n) is 7.50. The van der Waals surface area contributed by atoms with Crippen molar-refractivity contribution < 1.29 is 28.7 Å². The molecule has 1 rings (SSSR count). The average molecular weight is 599 g/mol. The molecule has 0 fully saturated rings. The second kappa shape index (κ2) is 29.0. The predicted molar refractivity (Wildman–Crippen MR) is 171 cm³/mol. The maximum absolute atomic E-state index is 10.5. The molecule has 0 saturated heterocycles. The van der Waals surface area contributed by atoms with E-state index in [0.717, 1.165) is 44.4 Å². The number of methoxy groups -OCH3 is 1. The van der Waals surface area contributed by atoms with Gasteiger partial charge in [0.15, 0.2) is 6.20 Å². The van der Waals surface area contributed by atoms with Gasteiger partial charge in [0, 0.05) is 44.2 Å². The first-order valence-corrected chi connectivity index (χ1v) is 17.8. The van der Waals surface area contributed by atoms with E-state index in [0.29, 0.717) is 19.6 Å². The molecule has 0 radical (unpaired) electrons. The number of carbonyl (C=O) groups is 1. The van der Waals surface area contributed by atoms with Gasteiger partial charge >= 0.3 is 0 Å². The molecule has 240 valence electrons. The van der Waals surface area contributed by atoms with Crippen LogP contribution in [-0.4, -0.2) is 86.0 Å². The Balaban J connectivity index is 1.81. The van der Waals surface area contributed by atoms with Crippen LogP contribution in [0.1, 0.15) is 122 Å². The molecule has 8 heteroatoms. The van der Waals surface area contributed by atoms with Crippen molar-refractivity contribution in [1.29, 1.82) is 0 Å². The number of carboxylic acids is 1. The first kappa shape index (κ1) is 37.9. The first-order valence-electron chi connectivity index (χ1n) is 16.6. The molecule has 0 aromatic carbocycles. The molecule has 0 aromatic rings. The molecule has 1 unspecified atom stereocenters. The Morgan fingerprint density at radius 2 is 1.51 bits per heavy atom. The molecular weight excluding hydrogens is 536 g/mol. The van der Waals surface area contributed by atoms with Gasteiger partial charge in [-0.25, -0.2) is 0 Å². The van der Waals surface area contributed by atoms with Gasteiger partial charge in [0.1, 0.15) is 6.21 Å². The van der Waals surface area contributed by atoms with Crippen LogP contribution in [0.5, 0.6) is 0 Å². The Kier molecular flexibility index (Phi) is 26.8. The smallest absolute Gasteiger partial charge is 0.223 e. The van der Waals surface area contributed by atoms with Gasteiger partial charge in [0.05, 0.1) is 32.1 Å². The Morgan fingerprint density at radius 3 is 2.10 bits per heavy atom. The molecule has 1 atom stereocenters. The number of thioether (sulfide) groups is 1. The van der Waals surface area contributed by atoms with Crippen molar-refractivity contribution in [3.05, 3.63) is 12.4 Å². The fraction of sp³-hybridized carbons (Fsp3) is 0.879. The summed E-state index contributed by atoms with van der Waals surface area (Å²) in [5.74, 6) is 0.852. The van der Waals surface area contributed by atoms with Crippen LogP contribution in [0, 0.1) is 0 Å². The largest absolute Gasteiger partial charge is 0.550 e. The molecule has 0 aromatic heterocycles. The fourth-order valence-corrected chi connectivity index (χ4v) is 5.76. The molecule has 1 heterocycles. The molecule has 0 bridgehead atoms. The minimum Gasteiger partial charge on any atom is -0.550 e. The second-order valence-electron chi connectivity index (χ2n) is 11.3.